The number of hydrogen-bond acceptors (Lipinski definition) is 3. The largest absolute Gasteiger partial charge is 0.318 e. The van der Waals surface area contributed by atoms with Gasteiger partial charge in [0.15, 0.2) is 0 Å². The summed E-state index contributed by atoms with van der Waals surface area (Å²) in [6.07, 6.45) is 2.56. The second kappa shape index (κ2) is 6.46. The van der Waals surface area contributed by atoms with Crippen molar-refractivity contribution >= 4 is 0 Å². The Bertz CT molecular complexity index is 172. The van der Waals surface area contributed by atoms with Gasteiger partial charge >= 0.3 is 0 Å². The molecule has 0 aromatic carbocycles. The Hall–Kier alpha value is -0.120. The number of nitrogens with one attached hydrogen (secondary N) is 1. The van der Waals surface area contributed by atoms with Crippen molar-refractivity contribution in [1.29, 1.82) is 0 Å². The highest BCUT2D eigenvalue weighted by Gasteiger charge is 2.26. The first-order valence-corrected chi connectivity index (χ1v) is 6.28. The maximum absolute atomic E-state index is 3.33. The van der Waals surface area contributed by atoms with E-state index in [1.807, 2.05) is 0 Å². The van der Waals surface area contributed by atoms with E-state index in [2.05, 4.69) is 43.1 Å². The number of nitrogens with zero attached hydrogens (tertiary/aromatic N) is 2. The predicted molar refractivity (Wildman–Crippen MR) is 66.3 cm³/mol. The van der Waals surface area contributed by atoms with Gasteiger partial charge in [-0.3, -0.25) is 4.90 Å². The fourth-order valence-corrected chi connectivity index (χ4v) is 2.57. The Morgan fingerprint density at radius 1 is 1.40 bits per heavy atom. The van der Waals surface area contributed by atoms with Crippen molar-refractivity contribution in [3.8, 4) is 0 Å². The Morgan fingerprint density at radius 3 is 2.73 bits per heavy atom. The zero-order valence-corrected chi connectivity index (χ0v) is 10.8. The van der Waals surface area contributed by atoms with Crippen LogP contribution >= 0.6 is 0 Å². The molecule has 2 unspecified atom stereocenters. The fourth-order valence-electron chi connectivity index (χ4n) is 2.57. The minimum atomic E-state index is 0.678. The van der Waals surface area contributed by atoms with E-state index < -0.39 is 0 Å². The van der Waals surface area contributed by atoms with Crippen LogP contribution in [-0.2, 0) is 0 Å². The smallest absolute Gasteiger partial charge is 0.0350 e. The fraction of sp³-hybridized carbons (Fsp3) is 1.00. The van der Waals surface area contributed by atoms with Crippen LogP contribution in [0.25, 0.3) is 0 Å². The van der Waals surface area contributed by atoms with Gasteiger partial charge in [0.1, 0.15) is 0 Å². The summed E-state index contributed by atoms with van der Waals surface area (Å²) in [7, 11) is 4.30. The average Bonchev–Trinajstić information content (AvgIpc) is 2.33. The van der Waals surface area contributed by atoms with E-state index in [1.165, 1.54) is 32.5 Å². The highest BCUT2D eigenvalue weighted by atomic mass is 15.3. The van der Waals surface area contributed by atoms with Gasteiger partial charge < -0.3 is 10.2 Å². The lowest BCUT2D eigenvalue weighted by Crippen LogP contribution is -2.48. The van der Waals surface area contributed by atoms with Crippen molar-refractivity contribution in [3.05, 3.63) is 0 Å². The molecule has 3 nitrogen and oxygen atoms in total. The standard InChI is InChI=1S/C12H27N3/c1-5-7-15-11(2)6-8-14(4)10-12(15)9-13-3/h11-13H,5-10H2,1-4H3. The number of rotatable bonds is 4. The van der Waals surface area contributed by atoms with Gasteiger partial charge in [-0.1, -0.05) is 6.92 Å². The second-order valence-electron chi connectivity index (χ2n) is 4.85. The van der Waals surface area contributed by atoms with Crippen molar-refractivity contribution in [2.45, 2.75) is 38.8 Å². The van der Waals surface area contributed by atoms with Gasteiger partial charge in [0.2, 0.25) is 0 Å². The van der Waals surface area contributed by atoms with E-state index in [4.69, 9.17) is 0 Å². The zero-order chi connectivity index (χ0) is 11.3. The molecule has 1 heterocycles. The number of likely N-dealkylation sites (N-methyl/N-ethyl adjacent to an activating group) is 2. The molecule has 15 heavy (non-hydrogen) atoms. The van der Waals surface area contributed by atoms with Gasteiger partial charge in [-0.05, 0) is 47.0 Å². The quantitative estimate of drug-likeness (QED) is 0.752. The third kappa shape index (κ3) is 3.74. The van der Waals surface area contributed by atoms with E-state index >= 15 is 0 Å². The normalized spacial score (nSPS) is 30.4. The Morgan fingerprint density at radius 2 is 2.13 bits per heavy atom. The molecule has 90 valence electrons. The Balaban J connectivity index is 2.64. The summed E-state index contributed by atoms with van der Waals surface area (Å²) in [6, 6.07) is 1.41. The summed E-state index contributed by atoms with van der Waals surface area (Å²) >= 11 is 0. The molecule has 1 saturated heterocycles. The summed E-state index contributed by atoms with van der Waals surface area (Å²) in [5.74, 6) is 0. The van der Waals surface area contributed by atoms with E-state index in [9.17, 15) is 0 Å². The molecule has 1 aliphatic heterocycles. The summed E-state index contributed by atoms with van der Waals surface area (Å²) in [4.78, 5) is 5.15. The first-order valence-electron chi connectivity index (χ1n) is 6.28. The van der Waals surface area contributed by atoms with E-state index in [0.717, 1.165) is 12.6 Å². The van der Waals surface area contributed by atoms with Crippen LogP contribution in [0.3, 0.4) is 0 Å². The lowest BCUT2D eigenvalue weighted by molar-refractivity contribution is 0.143. The van der Waals surface area contributed by atoms with Crippen LogP contribution in [0.15, 0.2) is 0 Å². The van der Waals surface area contributed by atoms with Crippen LogP contribution in [-0.4, -0.2) is 62.2 Å². The van der Waals surface area contributed by atoms with Crippen LogP contribution in [0.1, 0.15) is 26.7 Å². The molecular weight excluding hydrogens is 186 g/mol. The molecule has 1 rings (SSSR count). The first kappa shape index (κ1) is 12.9. The number of hydrogen-bond donors (Lipinski definition) is 1. The van der Waals surface area contributed by atoms with Crippen molar-refractivity contribution in [1.82, 2.24) is 15.1 Å². The third-order valence-corrected chi connectivity index (χ3v) is 3.41. The van der Waals surface area contributed by atoms with Crippen LogP contribution in [0, 0.1) is 0 Å². The van der Waals surface area contributed by atoms with Crippen LogP contribution in [0.5, 0.6) is 0 Å². The molecule has 0 aliphatic carbocycles. The summed E-state index contributed by atoms with van der Waals surface area (Å²) in [5.41, 5.74) is 0. The SMILES string of the molecule is CCCN1C(C)CCN(C)CC1CNC. The van der Waals surface area contributed by atoms with Gasteiger partial charge in [-0.15, -0.1) is 0 Å². The summed E-state index contributed by atoms with van der Waals surface area (Å²) < 4.78 is 0. The molecule has 0 radical (unpaired) electrons. The lowest BCUT2D eigenvalue weighted by Gasteiger charge is -2.34. The molecule has 3 heteroatoms. The third-order valence-electron chi connectivity index (χ3n) is 3.41. The van der Waals surface area contributed by atoms with Crippen LogP contribution in [0.4, 0.5) is 0 Å². The molecule has 1 fully saturated rings. The van der Waals surface area contributed by atoms with E-state index in [0.29, 0.717) is 6.04 Å². The Labute approximate surface area is 94.8 Å². The first-order chi connectivity index (χ1) is 7.19. The zero-order valence-electron chi connectivity index (χ0n) is 10.8. The van der Waals surface area contributed by atoms with Gasteiger partial charge in [-0.2, -0.15) is 0 Å². The minimum Gasteiger partial charge on any atom is -0.318 e. The molecular formula is C12H27N3. The van der Waals surface area contributed by atoms with Gasteiger partial charge in [0.25, 0.3) is 0 Å². The predicted octanol–water partition coefficient (Wildman–Crippen LogP) is 1.01. The van der Waals surface area contributed by atoms with Crippen LogP contribution in [0.2, 0.25) is 0 Å². The molecule has 0 amide bonds. The van der Waals surface area contributed by atoms with Gasteiger partial charge in [0, 0.05) is 25.2 Å². The molecule has 0 bridgehead atoms. The van der Waals surface area contributed by atoms with Crippen molar-refractivity contribution in [3.63, 3.8) is 0 Å². The summed E-state index contributed by atoms with van der Waals surface area (Å²) in [6.45, 7) is 9.43. The molecule has 0 aromatic heterocycles. The highest BCUT2D eigenvalue weighted by Crippen LogP contribution is 2.15. The summed E-state index contributed by atoms with van der Waals surface area (Å²) in [5, 5.41) is 3.33. The molecule has 0 spiro atoms. The lowest BCUT2D eigenvalue weighted by atomic mass is 10.1. The average molecular weight is 213 g/mol. The van der Waals surface area contributed by atoms with Gasteiger partial charge in [0.05, 0.1) is 0 Å². The minimum absolute atomic E-state index is 0.678. The molecule has 1 N–H and O–H groups in total. The molecule has 2 atom stereocenters. The van der Waals surface area contributed by atoms with E-state index in [1.54, 1.807) is 0 Å². The monoisotopic (exact) mass is 213 g/mol. The Kier molecular flexibility index (Phi) is 5.58. The van der Waals surface area contributed by atoms with E-state index in [-0.39, 0.29) is 0 Å². The second-order valence-corrected chi connectivity index (χ2v) is 4.85. The molecule has 1 aliphatic rings. The topological polar surface area (TPSA) is 18.5 Å². The maximum Gasteiger partial charge on any atom is 0.0350 e. The van der Waals surface area contributed by atoms with Crippen molar-refractivity contribution < 1.29 is 0 Å². The molecule has 0 aromatic rings. The van der Waals surface area contributed by atoms with Crippen LogP contribution < -0.4 is 5.32 Å². The molecule has 0 saturated carbocycles. The highest BCUT2D eigenvalue weighted by molar-refractivity contribution is 4.84. The van der Waals surface area contributed by atoms with Gasteiger partial charge in [-0.25, -0.2) is 0 Å². The van der Waals surface area contributed by atoms with Crippen molar-refractivity contribution in [2.24, 2.45) is 0 Å². The van der Waals surface area contributed by atoms with Crippen molar-refractivity contribution in [2.75, 3.05) is 40.3 Å². The maximum atomic E-state index is 3.33.